The van der Waals surface area contributed by atoms with Crippen molar-refractivity contribution in [1.82, 2.24) is 0 Å². The first-order valence-electron chi connectivity index (χ1n) is 10.5. The first kappa shape index (κ1) is 20.1. The molecule has 1 saturated carbocycles. The third-order valence-electron chi connectivity index (χ3n) is 6.99. The van der Waals surface area contributed by atoms with Crippen molar-refractivity contribution in [3.63, 3.8) is 0 Å². The number of nitrogens with one attached hydrogen (secondary N) is 1. The highest BCUT2D eigenvalue weighted by atomic mass is 32.1. The molecule has 2 unspecified atom stereocenters. The molecule has 1 aromatic carbocycles. The zero-order valence-electron chi connectivity index (χ0n) is 16.8. The highest BCUT2D eigenvalue weighted by molar-refractivity contribution is 7.80. The standard InChI is InChI=1S/C22H31NO4S/c1-13-9-11-18-15(3)19(27-21(28)23-16-7-5-4-6-8-16)26-20-22(18,24)17(13)12-10-14(2)25-20/h4-8,13-15,17-20,24H,9-12H2,1-3H3,(H,23,28)/t13-,14+,15-,17?,18?,19-,20+,22-/m1/s1. The minimum absolute atomic E-state index is 0.0174. The molecule has 0 radical (unpaired) electrons. The lowest BCUT2D eigenvalue weighted by Gasteiger charge is -2.57. The van der Waals surface area contributed by atoms with Crippen molar-refractivity contribution in [1.29, 1.82) is 0 Å². The molecule has 2 N–H and O–H groups in total. The average molecular weight is 406 g/mol. The van der Waals surface area contributed by atoms with Crippen molar-refractivity contribution in [2.45, 2.75) is 70.7 Å². The van der Waals surface area contributed by atoms with Crippen LogP contribution in [0.1, 0.15) is 46.5 Å². The molecule has 3 fully saturated rings. The molecule has 1 aromatic rings. The van der Waals surface area contributed by atoms with Crippen LogP contribution in [0.15, 0.2) is 30.3 Å². The molecule has 5 nitrogen and oxygen atoms in total. The zero-order chi connectivity index (χ0) is 19.9. The second-order valence-corrected chi connectivity index (χ2v) is 9.14. The van der Waals surface area contributed by atoms with Crippen LogP contribution in [0.4, 0.5) is 5.69 Å². The van der Waals surface area contributed by atoms with E-state index >= 15 is 0 Å². The van der Waals surface area contributed by atoms with Gasteiger partial charge in [-0.3, -0.25) is 0 Å². The smallest absolute Gasteiger partial charge is 0.263 e. The number of rotatable bonds is 2. The molecule has 6 heteroatoms. The zero-order valence-corrected chi connectivity index (χ0v) is 17.7. The van der Waals surface area contributed by atoms with E-state index in [2.05, 4.69) is 26.1 Å². The van der Waals surface area contributed by atoms with E-state index in [-0.39, 0.29) is 29.0 Å². The summed E-state index contributed by atoms with van der Waals surface area (Å²) in [6.45, 7) is 6.40. The number of anilines is 1. The van der Waals surface area contributed by atoms with E-state index in [9.17, 15) is 5.11 Å². The Kier molecular flexibility index (Phi) is 5.67. The molecule has 2 saturated heterocycles. The van der Waals surface area contributed by atoms with Crippen molar-refractivity contribution in [3.8, 4) is 0 Å². The average Bonchev–Trinajstić information content (AvgIpc) is 2.78. The molecule has 0 spiro atoms. The number of thiocarbonyl (C=S) groups is 1. The minimum Gasteiger partial charge on any atom is -0.440 e. The summed E-state index contributed by atoms with van der Waals surface area (Å²) in [6, 6.07) is 9.70. The third kappa shape index (κ3) is 3.56. The van der Waals surface area contributed by atoms with Crippen molar-refractivity contribution in [3.05, 3.63) is 30.3 Å². The van der Waals surface area contributed by atoms with Crippen LogP contribution in [0.25, 0.3) is 0 Å². The van der Waals surface area contributed by atoms with E-state index in [0.717, 1.165) is 31.4 Å². The van der Waals surface area contributed by atoms with Gasteiger partial charge in [0.2, 0.25) is 6.29 Å². The Bertz CT molecular complexity index is 701. The molecule has 154 valence electrons. The van der Waals surface area contributed by atoms with E-state index in [1.807, 2.05) is 30.3 Å². The lowest BCUT2D eigenvalue weighted by molar-refractivity contribution is -0.371. The fourth-order valence-electron chi connectivity index (χ4n) is 5.44. The topological polar surface area (TPSA) is 60.0 Å². The minimum atomic E-state index is -0.962. The number of ether oxygens (including phenoxy) is 3. The van der Waals surface area contributed by atoms with Crippen LogP contribution in [0.2, 0.25) is 0 Å². The summed E-state index contributed by atoms with van der Waals surface area (Å²) in [7, 11) is 0. The maximum absolute atomic E-state index is 11.8. The van der Waals surface area contributed by atoms with Crippen LogP contribution < -0.4 is 5.32 Å². The number of aliphatic hydroxyl groups is 1. The van der Waals surface area contributed by atoms with Crippen molar-refractivity contribution >= 4 is 23.1 Å². The van der Waals surface area contributed by atoms with Gasteiger partial charge in [-0.1, -0.05) is 32.0 Å². The van der Waals surface area contributed by atoms with Crippen LogP contribution in [-0.4, -0.2) is 34.6 Å². The molecule has 2 heterocycles. The lowest BCUT2D eigenvalue weighted by Crippen LogP contribution is -2.66. The first-order valence-corrected chi connectivity index (χ1v) is 10.9. The highest BCUT2D eigenvalue weighted by Gasteiger charge is 2.62. The summed E-state index contributed by atoms with van der Waals surface area (Å²) >= 11 is 5.41. The van der Waals surface area contributed by atoms with Gasteiger partial charge >= 0.3 is 0 Å². The molecule has 0 aromatic heterocycles. The Morgan fingerprint density at radius 3 is 2.54 bits per heavy atom. The predicted octanol–water partition coefficient (Wildman–Crippen LogP) is 4.31. The molecule has 0 amide bonds. The van der Waals surface area contributed by atoms with E-state index in [4.69, 9.17) is 26.4 Å². The van der Waals surface area contributed by atoms with Gasteiger partial charge in [-0.15, -0.1) is 0 Å². The fourth-order valence-corrected chi connectivity index (χ4v) is 5.66. The second kappa shape index (κ2) is 7.90. The summed E-state index contributed by atoms with van der Waals surface area (Å²) in [4.78, 5) is 0. The quantitative estimate of drug-likeness (QED) is 0.715. The predicted molar refractivity (Wildman–Crippen MR) is 112 cm³/mol. The molecule has 3 aliphatic rings. The van der Waals surface area contributed by atoms with Gasteiger partial charge in [0, 0.05) is 17.5 Å². The van der Waals surface area contributed by atoms with E-state index < -0.39 is 18.2 Å². The van der Waals surface area contributed by atoms with E-state index in [1.54, 1.807) is 0 Å². The Morgan fingerprint density at radius 2 is 1.79 bits per heavy atom. The Labute approximate surface area is 172 Å². The largest absolute Gasteiger partial charge is 0.440 e. The van der Waals surface area contributed by atoms with Crippen molar-refractivity contribution in [2.24, 2.45) is 23.7 Å². The van der Waals surface area contributed by atoms with Gasteiger partial charge in [-0.25, -0.2) is 0 Å². The molecular weight excluding hydrogens is 374 g/mol. The number of para-hydroxylation sites is 1. The summed E-state index contributed by atoms with van der Waals surface area (Å²) in [5.74, 6) is 0.747. The fraction of sp³-hybridized carbons (Fsp3) is 0.682. The molecule has 0 bridgehead atoms. The van der Waals surface area contributed by atoms with Crippen LogP contribution in [-0.2, 0) is 14.2 Å². The first-order chi connectivity index (χ1) is 13.4. The van der Waals surface area contributed by atoms with E-state index in [0.29, 0.717) is 5.92 Å². The Morgan fingerprint density at radius 1 is 1.07 bits per heavy atom. The van der Waals surface area contributed by atoms with Crippen molar-refractivity contribution in [2.75, 3.05) is 5.32 Å². The summed E-state index contributed by atoms with van der Waals surface area (Å²) < 4.78 is 18.4. The normalized spacial score (nSPS) is 42.8. The molecule has 8 atom stereocenters. The van der Waals surface area contributed by atoms with E-state index in [1.165, 1.54) is 0 Å². The highest BCUT2D eigenvalue weighted by Crippen LogP contribution is 2.54. The molecule has 1 aliphatic carbocycles. The van der Waals surface area contributed by atoms with Gasteiger partial charge in [-0.05, 0) is 68.8 Å². The van der Waals surface area contributed by atoms with Gasteiger partial charge in [0.05, 0.1) is 6.10 Å². The van der Waals surface area contributed by atoms with Crippen LogP contribution in [0, 0.1) is 23.7 Å². The van der Waals surface area contributed by atoms with Crippen molar-refractivity contribution < 1.29 is 19.3 Å². The Balaban J connectivity index is 1.53. The van der Waals surface area contributed by atoms with Gasteiger partial charge in [0.1, 0.15) is 5.60 Å². The number of benzene rings is 1. The van der Waals surface area contributed by atoms with Gasteiger partial charge in [0.15, 0.2) is 6.29 Å². The molecule has 28 heavy (non-hydrogen) atoms. The van der Waals surface area contributed by atoms with Crippen LogP contribution in [0.5, 0.6) is 0 Å². The maximum Gasteiger partial charge on any atom is 0.263 e. The number of hydrogen-bond acceptors (Lipinski definition) is 5. The SMILES string of the molecule is C[C@@H]1CCC2[C@@H](C)[C@@H](OC(=S)Nc3ccccc3)O[C@@H]3O[C@@H](C)CCC1[C@@]23O. The lowest BCUT2D eigenvalue weighted by atomic mass is 9.58. The molecule has 4 rings (SSSR count). The Hall–Kier alpha value is -1.21. The molecular formula is C22H31NO4S. The third-order valence-corrected chi connectivity index (χ3v) is 7.19. The van der Waals surface area contributed by atoms with Gasteiger partial charge in [-0.2, -0.15) is 0 Å². The second-order valence-electron chi connectivity index (χ2n) is 8.77. The maximum atomic E-state index is 11.8. The van der Waals surface area contributed by atoms with Crippen LogP contribution in [0.3, 0.4) is 0 Å². The van der Waals surface area contributed by atoms with Gasteiger partial charge < -0.3 is 24.6 Å². The monoisotopic (exact) mass is 405 g/mol. The van der Waals surface area contributed by atoms with Gasteiger partial charge in [0.25, 0.3) is 5.17 Å². The van der Waals surface area contributed by atoms with Crippen LogP contribution >= 0.6 is 12.2 Å². The number of hydrogen-bond donors (Lipinski definition) is 2. The summed E-state index contributed by atoms with van der Waals surface area (Å²) in [6.07, 6.45) is 2.81. The molecule has 2 aliphatic heterocycles. The summed E-state index contributed by atoms with van der Waals surface area (Å²) in [5, 5.41) is 15.2. The summed E-state index contributed by atoms with van der Waals surface area (Å²) in [5.41, 5.74) is -0.0886.